The van der Waals surface area contributed by atoms with Crippen molar-refractivity contribution in [2.75, 3.05) is 6.54 Å². The van der Waals surface area contributed by atoms with Gasteiger partial charge in [0.25, 0.3) is 0 Å². The van der Waals surface area contributed by atoms with Crippen LogP contribution in [0.3, 0.4) is 0 Å². The molecule has 1 aromatic carbocycles. The Kier molecular flexibility index (Phi) is 6.20. The van der Waals surface area contributed by atoms with Gasteiger partial charge in [0.05, 0.1) is 4.90 Å². The maximum atomic E-state index is 13.2. The Hall–Kier alpha value is -2.19. The number of benzene rings is 1. The third-order valence-corrected chi connectivity index (χ3v) is 7.91. The first-order chi connectivity index (χ1) is 13.3. The summed E-state index contributed by atoms with van der Waals surface area (Å²) in [5, 5.41) is 5.93. The molecule has 6 nitrogen and oxygen atoms in total. The van der Waals surface area contributed by atoms with Crippen LogP contribution in [0.4, 0.5) is 0 Å². The lowest BCUT2D eigenvalue weighted by atomic mass is 10.0. The van der Waals surface area contributed by atoms with Crippen molar-refractivity contribution in [1.82, 2.24) is 10.6 Å². The van der Waals surface area contributed by atoms with Crippen LogP contribution in [0.1, 0.15) is 48.3 Å². The molecule has 2 aromatic rings. The van der Waals surface area contributed by atoms with Gasteiger partial charge in [-0.05, 0) is 47.9 Å². The van der Waals surface area contributed by atoms with Gasteiger partial charge in [0.2, 0.25) is 0 Å². The van der Waals surface area contributed by atoms with Gasteiger partial charge in [-0.15, -0.1) is 11.3 Å². The highest BCUT2D eigenvalue weighted by Crippen LogP contribution is 2.32. The van der Waals surface area contributed by atoms with E-state index in [2.05, 4.69) is 10.6 Å². The lowest BCUT2D eigenvalue weighted by molar-refractivity contribution is -0.139. The van der Waals surface area contributed by atoms with Crippen LogP contribution in [0.5, 0.6) is 0 Å². The lowest BCUT2D eigenvalue weighted by Crippen LogP contribution is -2.42. The van der Waals surface area contributed by atoms with E-state index in [1.165, 1.54) is 11.3 Å². The van der Waals surface area contributed by atoms with Crippen LogP contribution in [0, 0.1) is 0 Å². The summed E-state index contributed by atoms with van der Waals surface area (Å²) >= 11 is 1.31. The molecule has 0 radical (unpaired) electrons. The van der Waals surface area contributed by atoms with E-state index in [-0.39, 0.29) is 17.5 Å². The third kappa shape index (κ3) is 4.80. The summed E-state index contributed by atoms with van der Waals surface area (Å²) in [7, 11) is -3.73. The standard InChI is InChI=1S/C20H24N2O4S2/c1-13(2)14-5-9-16(10-6-14)28(25,26)18(17-4-3-11-27-17)12-21-19(23)20(24)22-15-7-8-15/h3-6,9-11,13,15,18H,7-8,12H2,1-2H3,(H,21,23)(H,22,24)/t18-/m1/s1. The maximum absolute atomic E-state index is 13.2. The fraction of sp³-hybridized carbons (Fsp3) is 0.400. The fourth-order valence-corrected chi connectivity index (χ4v) is 5.57. The normalized spacial score (nSPS) is 15.2. The molecule has 1 fully saturated rings. The first kappa shape index (κ1) is 20.5. The second-order valence-corrected chi connectivity index (χ2v) is 10.3. The van der Waals surface area contributed by atoms with E-state index in [9.17, 15) is 18.0 Å². The van der Waals surface area contributed by atoms with Crippen molar-refractivity contribution in [3.63, 3.8) is 0 Å². The largest absolute Gasteiger partial charge is 0.346 e. The van der Waals surface area contributed by atoms with Crippen molar-refractivity contribution in [2.45, 2.75) is 48.8 Å². The molecule has 1 aliphatic carbocycles. The number of thiophene rings is 1. The highest BCUT2D eigenvalue weighted by molar-refractivity contribution is 7.91. The molecule has 28 heavy (non-hydrogen) atoms. The van der Waals surface area contributed by atoms with E-state index in [4.69, 9.17) is 0 Å². The van der Waals surface area contributed by atoms with Crippen LogP contribution in [-0.2, 0) is 19.4 Å². The van der Waals surface area contributed by atoms with E-state index in [0.717, 1.165) is 18.4 Å². The van der Waals surface area contributed by atoms with Gasteiger partial charge in [-0.3, -0.25) is 9.59 Å². The predicted molar refractivity (Wildman–Crippen MR) is 109 cm³/mol. The first-order valence-corrected chi connectivity index (χ1v) is 11.7. The summed E-state index contributed by atoms with van der Waals surface area (Å²) in [4.78, 5) is 24.7. The van der Waals surface area contributed by atoms with Gasteiger partial charge in [0.15, 0.2) is 9.84 Å². The molecule has 1 aromatic heterocycles. The number of hydrogen-bond donors (Lipinski definition) is 2. The monoisotopic (exact) mass is 420 g/mol. The molecule has 1 aliphatic rings. The van der Waals surface area contributed by atoms with E-state index in [1.54, 1.807) is 29.6 Å². The first-order valence-electron chi connectivity index (χ1n) is 9.25. The Balaban J connectivity index is 1.79. The minimum atomic E-state index is -3.73. The second kappa shape index (κ2) is 8.45. The summed E-state index contributed by atoms with van der Waals surface area (Å²) in [5.41, 5.74) is 1.05. The number of amides is 2. The predicted octanol–water partition coefficient (Wildman–Crippen LogP) is 2.78. The average Bonchev–Trinajstić information content (AvgIpc) is 3.32. The van der Waals surface area contributed by atoms with Crippen molar-refractivity contribution in [1.29, 1.82) is 0 Å². The maximum Gasteiger partial charge on any atom is 0.309 e. The summed E-state index contributed by atoms with van der Waals surface area (Å²) in [5.74, 6) is -1.22. The van der Waals surface area contributed by atoms with Crippen LogP contribution >= 0.6 is 11.3 Å². The van der Waals surface area contributed by atoms with Gasteiger partial charge in [-0.2, -0.15) is 0 Å². The molecule has 150 valence electrons. The van der Waals surface area contributed by atoms with Gasteiger partial charge >= 0.3 is 11.8 Å². The second-order valence-electron chi connectivity index (χ2n) is 7.23. The molecule has 3 rings (SSSR count). The topological polar surface area (TPSA) is 92.3 Å². The van der Waals surface area contributed by atoms with E-state index in [1.807, 2.05) is 26.0 Å². The van der Waals surface area contributed by atoms with Crippen LogP contribution < -0.4 is 10.6 Å². The van der Waals surface area contributed by atoms with Crippen molar-refractivity contribution < 1.29 is 18.0 Å². The number of nitrogens with one attached hydrogen (secondary N) is 2. The van der Waals surface area contributed by atoms with Crippen LogP contribution in [0.25, 0.3) is 0 Å². The number of carbonyl (C=O) groups excluding carboxylic acids is 2. The lowest BCUT2D eigenvalue weighted by Gasteiger charge is -2.18. The van der Waals surface area contributed by atoms with E-state index >= 15 is 0 Å². The fourth-order valence-electron chi connectivity index (χ4n) is 2.79. The SMILES string of the molecule is CC(C)c1ccc(S(=O)(=O)[C@H](CNC(=O)C(=O)NC2CC2)c2cccs2)cc1. The van der Waals surface area contributed by atoms with Gasteiger partial charge in [-0.25, -0.2) is 8.42 Å². The van der Waals surface area contributed by atoms with Crippen molar-refractivity contribution in [3.8, 4) is 0 Å². The van der Waals surface area contributed by atoms with Crippen LogP contribution in [-0.4, -0.2) is 32.8 Å². The zero-order valence-electron chi connectivity index (χ0n) is 15.8. The quantitative estimate of drug-likeness (QED) is 0.674. The molecule has 8 heteroatoms. The molecular formula is C20H24N2O4S2. The minimum Gasteiger partial charge on any atom is -0.346 e. The van der Waals surface area contributed by atoms with Crippen LogP contribution in [0.2, 0.25) is 0 Å². The number of hydrogen-bond acceptors (Lipinski definition) is 5. The zero-order chi connectivity index (χ0) is 20.3. The average molecular weight is 421 g/mol. The van der Waals surface area contributed by atoms with E-state index in [0.29, 0.717) is 10.8 Å². The minimum absolute atomic E-state index is 0.0644. The summed E-state index contributed by atoms with van der Waals surface area (Å²) in [6.45, 7) is 3.92. The van der Waals surface area contributed by atoms with Gasteiger partial charge in [0, 0.05) is 17.5 Å². The number of rotatable bonds is 7. The molecular weight excluding hydrogens is 396 g/mol. The Morgan fingerprint density at radius 2 is 1.79 bits per heavy atom. The Bertz CT molecular complexity index is 931. The Labute approximate surface area is 169 Å². The number of carbonyl (C=O) groups is 2. The molecule has 0 spiro atoms. The van der Waals surface area contributed by atoms with Crippen molar-refractivity contribution in [3.05, 3.63) is 52.2 Å². The van der Waals surface area contributed by atoms with Gasteiger partial charge in [-0.1, -0.05) is 32.0 Å². The van der Waals surface area contributed by atoms with E-state index < -0.39 is 26.9 Å². The Morgan fingerprint density at radius 3 is 2.32 bits per heavy atom. The molecule has 1 atom stereocenters. The molecule has 0 bridgehead atoms. The molecule has 0 saturated heterocycles. The highest BCUT2D eigenvalue weighted by atomic mass is 32.2. The molecule has 1 heterocycles. The smallest absolute Gasteiger partial charge is 0.309 e. The molecule has 2 N–H and O–H groups in total. The third-order valence-electron chi connectivity index (χ3n) is 4.68. The number of sulfone groups is 1. The summed E-state index contributed by atoms with van der Waals surface area (Å²) in [6, 6.07) is 10.4. The molecule has 0 unspecified atom stereocenters. The summed E-state index contributed by atoms with van der Waals surface area (Å²) < 4.78 is 26.5. The van der Waals surface area contributed by atoms with Crippen molar-refractivity contribution in [2.24, 2.45) is 0 Å². The molecule has 1 saturated carbocycles. The van der Waals surface area contributed by atoms with Crippen LogP contribution in [0.15, 0.2) is 46.7 Å². The molecule has 0 aliphatic heterocycles. The van der Waals surface area contributed by atoms with Crippen molar-refractivity contribution >= 4 is 33.0 Å². The van der Waals surface area contributed by atoms with Gasteiger partial charge < -0.3 is 10.6 Å². The highest BCUT2D eigenvalue weighted by Gasteiger charge is 2.32. The zero-order valence-corrected chi connectivity index (χ0v) is 17.5. The Morgan fingerprint density at radius 1 is 1.11 bits per heavy atom. The molecule has 2 amide bonds. The summed E-state index contributed by atoms with van der Waals surface area (Å²) in [6.07, 6.45) is 1.75. The van der Waals surface area contributed by atoms with Gasteiger partial charge in [0.1, 0.15) is 5.25 Å².